The van der Waals surface area contributed by atoms with Crippen LogP contribution < -0.4 is 11.4 Å². The second kappa shape index (κ2) is 5.53. The van der Waals surface area contributed by atoms with Crippen LogP contribution in [-0.4, -0.2) is 18.8 Å². The lowest BCUT2D eigenvalue weighted by molar-refractivity contribution is 1.08. The maximum atomic E-state index is 10.2. The van der Waals surface area contributed by atoms with Gasteiger partial charge in [-0.1, -0.05) is 19.6 Å². The number of nitrogens with two attached hydrogens (primary N) is 1. The second-order valence-corrected chi connectivity index (χ2v) is 6.52. The molecule has 12 heavy (non-hydrogen) atoms. The van der Waals surface area contributed by atoms with Crippen molar-refractivity contribution in [1.82, 2.24) is 9.97 Å². The fourth-order valence-electron chi connectivity index (χ4n) is 0.385. The number of rotatable bonds is 0. The van der Waals surface area contributed by atoms with Gasteiger partial charge in [0.15, 0.2) is 0 Å². The fraction of sp³-hybridized carbons (Fsp3) is 0.429. The van der Waals surface area contributed by atoms with Gasteiger partial charge in [0, 0.05) is 15.0 Å². The molecule has 3 N–H and O–H groups in total. The molecule has 0 bridgehead atoms. The monoisotopic (exact) mass is 185 g/mol. The number of aromatic amines is 1. The summed E-state index contributed by atoms with van der Waals surface area (Å²) in [6.45, 7) is 6.92. The number of nitrogens with zero attached hydrogens (tertiary/aromatic N) is 1. The maximum Gasteiger partial charge on any atom is 0.346 e. The van der Waals surface area contributed by atoms with Crippen molar-refractivity contribution in [3.8, 4) is 0 Å². The Morgan fingerprint density at radius 1 is 1.50 bits per heavy atom. The van der Waals surface area contributed by atoms with Crippen LogP contribution in [0.25, 0.3) is 0 Å². The zero-order valence-corrected chi connectivity index (χ0v) is 8.82. The third-order valence-corrected chi connectivity index (χ3v) is 0.692. The number of nitrogen functional groups attached to an aromatic ring is 1. The molecule has 5 heteroatoms. The van der Waals surface area contributed by atoms with Gasteiger partial charge in [-0.3, -0.25) is 0 Å². The van der Waals surface area contributed by atoms with Crippen LogP contribution in [0.1, 0.15) is 0 Å². The molecule has 0 aliphatic rings. The topological polar surface area (TPSA) is 71.8 Å². The number of hydrogen-bond acceptors (Lipinski definition) is 3. The second-order valence-electron chi connectivity index (χ2n) is 3.05. The highest BCUT2D eigenvalue weighted by Crippen LogP contribution is 1.82. The maximum absolute atomic E-state index is 10.2. The first kappa shape index (κ1) is 10.9. The Bertz CT molecular complexity index is 269. The van der Waals surface area contributed by atoms with E-state index in [2.05, 4.69) is 29.6 Å². The fourth-order valence-corrected chi connectivity index (χ4v) is 0.385. The van der Waals surface area contributed by atoms with Gasteiger partial charge in [-0.05, 0) is 6.07 Å². The van der Waals surface area contributed by atoms with Crippen molar-refractivity contribution in [2.24, 2.45) is 0 Å². The van der Waals surface area contributed by atoms with Crippen LogP contribution in [0, 0.1) is 0 Å². The molecular weight excluding hydrogens is 170 g/mol. The quantitative estimate of drug-likeness (QED) is 0.577. The van der Waals surface area contributed by atoms with E-state index in [0.29, 0.717) is 0 Å². The molecule has 0 fully saturated rings. The molecule has 1 rings (SSSR count). The van der Waals surface area contributed by atoms with Gasteiger partial charge in [-0.25, -0.2) is 4.79 Å². The van der Waals surface area contributed by atoms with Crippen LogP contribution in [0.2, 0.25) is 19.6 Å². The van der Waals surface area contributed by atoms with Gasteiger partial charge in [0.1, 0.15) is 5.82 Å². The van der Waals surface area contributed by atoms with Gasteiger partial charge in [0.25, 0.3) is 0 Å². The normalized spacial score (nSPS) is 9.00. The minimum atomic E-state index is -0.412. The number of nitrogens with one attached hydrogen (secondary N) is 1. The van der Waals surface area contributed by atoms with E-state index in [4.69, 9.17) is 5.73 Å². The molecule has 0 atom stereocenters. The minimum Gasteiger partial charge on any atom is -0.383 e. The van der Waals surface area contributed by atoms with E-state index in [-0.39, 0.29) is 14.6 Å². The van der Waals surface area contributed by atoms with Crippen LogP contribution in [0.3, 0.4) is 0 Å². The highest BCUT2D eigenvalue weighted by Gasteiger charge is 1.81. The Balaban J connectivity index is 0.000000261. The average molecular weight is 185 g/mol. The van der Waals surface area contributed by atoms with Crippen molar-refractivity contribution in [3.63, 3.8) is 0 Å². The zero-order chi connectivity index (χ0) is 9.56. The molecule has 68 valence electrons. The first-order valence-electron chi connectivity index (χ1n) is 3.83. The summed E-state index contributed by atoms with van der Waals surface area (Å²) in [4.78, 5) is 15.9. The largest absolute Gasteiger partial charge is 0.383 e. The van der Waals surface area contributed by atoms with Gasteiger partial charge in [-0.2, -0.15) is 4.98 Å². The van der Waals surface area contributed by atoms with E-state index in [1.807, 2.05) is 0 Å². The van der Waals surface area contributed by atoms with E-state index < -0.39 is 5.69 Å². The number of anilines is 1. The molecule has 0 radical (unpaired) electrons. The summed E-state index contributed by atoms with van der Waals surface area (Å²) >= 11 is 0. The Morgan fingerprint density at radius 3 is 2.25 bits per heavy atom. The smallest absolute Gasteiger partial charge is 0.346 e. The highest BCUT2D eigenvalue weighted by molar-refractivity contribution is 6.54. The Kier molecular flexibility index (Phi) is 5.03. The summed E-state index contributed by atoms with van der Waals surface area (Å²) in [5, 5.41) is 0. The molecule has 0 amide bonds. The van der Waals surface area contributed by atoms with Gasteiger partial charge in [0.05, 0.1) is 0 Å². The molecular formula is C7H15N3OSi. The van der Waals surface area contributed by atoms with Crippen LogP contribution in [0.5, 0.6) is 0 Å². The molecule has 1 aromatic rings. The van der Waals surface area contributed by atoms with Gasteiger partial charge in [-0.15, -0.1) is 0 Å². The Labute approximate surface area is 73.5 Å². The molecule has 0 aromatic carbocycles. The predicted molar refractivity (Wildman–Crippen MR) is 54.0 cm³/mol. The number of hydrogen-bond donors (Lipinski definition) is 2. The molecule has 0 spiro atoms. The Hall–Kier alpha value is -1.10. The van der Waals surface area contributed by atoms with Crippen LogP contribution >= 0.6 is 0 Å². The van der Waals surface area contributed by atoms with Gasteiger partial charge >= 0.3 is 5.69 Å². The standard InChI is InChI=1S/C4H5N3O.C3H10Si/c5-3-1-2-6-4(8)7-3;1-4(2)3/h1-2H,(H3,5,6,7,8);4H,1-3H3. The van der Waals surface area contributed by atoms with Gasteiger partial charge in [0.2, 0.25) is 0 Å². The molecule has 0 saturated heterocycles. The van der Waals surface area contributed by atoms with Crippen molar-refractivity contribution in [1.29, 1.82) is 0 Å². The number of aromatic nitrogens is 2. The lowest BCUT2D eigenvalue weighted by Gasteiger charge is -1.83. The molecule has 1 aromatic heterocycles. The van der Waals surface area contributed by atoms with Crippen molar-refractivity contribution in [3.05, 3.63) is 22.7 Å². The SMILES string of the molecule is C[SiH](C)C.Nc1cc[nH]c(=O)n1. The van der Waals surface area contributed by atoms with Crippen molar-refractivity contribution >= 4 is 14.6 Å². The van der Waals surface area contributed by atoms with Crippen LogP contribution in [-0.2, 0) is 0 Å². The molecule has 1 heterocycles. The van der Waals surface area contributed by atoms with Crippen LogP contribution in [0.4, 0.5) is 5.82 Å². The minimum absolute atomic E-state index is 0.139. The Morgan fingerprint density at radius 2 is 2.00 bits per heavy atom. The van der Waals surface area contributed by atoms with Crippen molar-refractivity contribution in [2.75, 3.05) is 5.73 Å². The molecule has 4 nitrogen and oxygen atoms in total. The predicted octanol–water partition coefficient (Wildman–Crippen LogP) is 0.455. The highest BCUT2D eigenvalue weighted by atomic mass is 28.3. The summed E-state index contributed by atoms with van der Waals surface area (Å²) in [7, 11) is -0.139. The summed E-state index contributed by atoms with van der Waals surface area (Å²) in [5.74, 6) is 0.244. The summed E-state index contributed by atoms with van der Waals surface area (Å²) in [6, 6.07) is 1.52. The first-order valence-corrected chi connectivity index (χ1v) is 7.30. The van der Waals surface area contributed by atoms with E-state index >= 15 is 0 Å². The molecule has 0 aliphatic carbocycles. The average Bonchev–Trinajstić information content (AvgIpc) is 1.84. The van der Waals surface area contributed by atoms with E-state index in [1.54, 1.807) is 0 Å². The van der Waals surface area contributed by atoms with E-state index in [9.17, 15) is 4.79 Å². The third-order valence-electron chi connectivity index (χ3n) is 0.692. The zero-order valence-electron chi connectivity index (χ0n) is 7.66. The summed E-state index contributed by atoms with van der Waals surface area (Å²) in [5.41, 5.74) is 4.72. The number of H-pyrrole nitrogens is 1. The lowest BCUT2D eigenvalue weighted by Crippen LogP contribution is -2.10. The van der Waals surface area contributed by atoms with Crippen molar-refractivity contribution < 1.29 is 0 Å². The van der Waals surface area contributed by atoms with E-state index in [1.165, 1.54) is 12.3 Å². The van der Waals surface area contributed by atoms with Crippen molar-refractivity contribution in [2.45, 2.75) is 19.6 Å². The molecule has 0 saturated carbocycles. The molecule has 0 unspecified atom stereocenters. The van der Waals surface area contributed by atoms with Crippen LogP contribution in [0.15, 0.2) is 17.1 Å². The van der Waals surface area contributed by atoms with E-state index in [0.717, 1.165) is 0 Å². The third kappa shape index (κ3) is 7.01. The van der Waals surface area contributed by atoms with Gasteiger partial charge < -0.3 is 10.7 Å². The lowest BCUT2D eigenvalue weighted by atomic mass is 10.6. The first-order chi connectivity index (χ1) is 5.52. The summed E-state index contributed by atoms with van der Waals surface area (Å²) in [6.07, 6.45) is 1.45. The summed E-state index contributed by atoms with van der Waals surface area (Å²) < 4.78 is 0. The molecule has 0 aliphatic heterocycles.